The molecule has 0 aliphatic heterocycles. The second-order valence-electron chi connectivity index (χ2n) is 9.98. The fourth-order valence-electron chi connectivity index (χ4n) is 3.38. The average molecular weight is 663 g/mol. The number of carbonyl (C=O) groups is 1. The van der Waals surface area contributed by atoms with Crippen LogP contribution in [-0.2, 0) is 52.2 Å². The highest BCUT2D eigenvalue weighted by atomic mass is 16.6. The van der Waals surface area contributed by atoms with Crippen molar-refractivity contribution in [1.82, 2.24) is 4.90 Å². The van der Waals surface area contributed by atoms with Crippen LogP contribution in [0.4, 0.5) is 5.69 Å². The number of rotatable bonds is 35. The quantitative estimate of drug-likeness (QED) is 0.106. The van der Waals surface area contributed by atoms with Gasteiger partial charge in [-0.1, -0.05) is 0 Å². The summed E-state index contributed by atoms with van der Waals surface area (Å²) in [6.07, 6.45) is 0. The van der Waals surface area contributed by atoms with Crippen molar-refractivity contribution in [3.63, 3.8) is 0 Å². The highest BCUT2D eigenvalue weighted by Crippen LogP contribution is 2.15. The molecule has 0 saturated carbocycles. The number of anilines is 1. The Morgan fingerprint density at radius 1 is 0.478 bits per heavy atom. The average Bonchev–Trinajstić information content (AvgIpc) is 3.03. The molecular weight excluding hydrogens is 604 g/mol. The van der Waals surface area contributed by atoms with E-state index in [2.05, 4.69) is 10.2 Å². The Morgan fingerprint density at radius 3 is 1.04 bits per heavy atom. The van der Waals surface area contributed by atoms with Gasteiger partial charge in [0, 0.05) is 19.2 Å². The van der Waals surface area contributed by atoms with Gasteiger partial charge in [-0.25, -0.2) is 0 Å². The molecule has 268 valence electrons. The lowest BCUT2D eigenvalue weighted by atomic mass is 10.3. The third-order valence-corrected chi connectivity index (χ3v) is 5.70. The summed E-state index contributed by atoms with van der Waals surface area (Å²) in [6.45, 7) is 13.3. The molecule has 0 bridgehead atoms. The first-order valence-electron chi connectivity index (χ1n) is 16.0. The smallest absolute Gasteiger partial charge is 0.221 e. The molecule has 14 heteroatoms. The standard InChI is InChI=1S/C32H58N2O12/c1-30(35)33-31-4-6-32(7-5-31)46-29-28-45-27-26-44-25-24-43-23-22-42-21-20-41-19-18-40-17-16-39-15-14-38-13-12-37-11-10-36-9-8-34(2)3/h4-7H,8-29H2,1-3H3,(H,33,35). The second-order valence-corrected chi connectivity index (χ2v) is 9.98. The lowest BCUT2D eigenvalue weighted by molar-refractivity contribution is -0.114. The van der Waals surface area contributed by atoms with Crippen molar-refractivity contribution in [2.45, 2.75) is 6.92 Å². The van der Waals surface area contributed by atoms with Crippen molar-refractivity contribution in [1.29, 1.82) is 0 Å². The van der Waals surface area contributed by atoms with Crippen LogP contribution in [0.5, 0.6) is 5.75 Å². The normalized spacial score (nSPS) is 11.4. The van der Waals surface area contributed by atoms with Gasteiger partial charge in [0.1, 0.15) is 12.4 Å². The van der Waals surface area contributed by atoms with E-state index in [-0.39, 0.29) is 5.91 Å². The Hall–Kier alpha value is -1.95. The molecule has 0 heterocycles. The number of benzene rings is 1. The zero-order valence-corrected chi connectivity index (χ0v) is 28.2. The molecule has 14 nitrogen and oxygen atoms in total. The molecule has 1 amide bonds. The summed E-state index contributed by atoms with van der Waals surface area (Å²) in [6, 6.07) is 7.18. The monoisotopic (exact) mass is 662 g/mol. The van der Waals surface area contributed by atoms with Crippen molar-refractivity contribution in [2.75, 3.05) is 165 Å². The molecule has 0 aliphatic carbocycles. The largest absolute Gasteiger partial charge is 0.491 e. The second kappa shape index (κ2) is 33.0. The van der Waals surface area contributed by atoms with Gasteiger partial charge < -0.3 is 62.3 Å². The summed E-state index contributed by atoms with van der Waals surface area (Å²) in [7, 11) is 4.04. The Morgan fingerprint density at radius 2 is 0.761 bits per heavy atom. The minimum absolute atomic E-state index is 0.107. The third kappa shape index (κ3) is 30.7. The van der Waals surface area contributed by atoms with Crippen LogP contribution < -0.4 is 10.1 Å². The van der Waals surface area contributed by atoms with Crippen LogP contribution in [0.2, 0.25) is 0 Å². The van der Waals surface area contributed by atoms with Crippen LogP contribution in [0.1, 0.15) is 6.92 Å². The van der Waals surface area contributed by atoms with Crippen LogP contribution in [0.15, 0.2) is 24.3 Å². The number of hydrogen-bond acceptors (Lipinski definition) is 13. The maximum atomic E-state index is 11.0. The molecule has 46 heavy (non-hydrogen) atoms. The van der Waals surface area contributed by atoms with E-state index < -0.39 is 0 Å². The van der Waals surface area contributed by atoms with Gasteiger partial charge in [0.2, 0.25) is 5.91 Å². The highest BCUT2D eigenvalue weighted by molar-refractivity contribution is 5.88. The van der Waals surface area contributed by atoms with E-state index in [0.717, 1.165) is 18.0 Å². The molecule has 0 fully saturated rings. The molecule has 0 spiro atoms. The molecule has 1 aromatic rings. The van der Waals surface area contributed by atoms with Crippen LogP contribution in [0, 0.1) is 0 Å². The van der Waals surface area contributed by atoms with E-state index in [1.165, 1.54) is 6.92 Å². The molecule has 0 saturated heterocycles. The number of likely N-dealkylation sites (N-methyl/N-ethyl adjacent to an activating group) is 1. The number of nitrogens with zero attached hydrogens (tertiary/aromatic N) is 1. The first-order chi connectivity index (χ1) is 22.6. The lowest BCUT2D eigenvalue weighted by Crippen LogP contribution is -2.19. The van der Waals surface area contributed by atoms with E-state index in [1.54, 1.807) is 24.3 Å². The molecule has 1 aromatic carbocycles. The Labute approximate surface area is 275 Å². The fraction of sp³-hybridized carbons (Fsp3) is 0.781. The van der Waals surface area contributed by atoms with Crippen LogP contribution in [0.25, 0.3) is 0 Å². The van der Waals surface area contributed by atoms with E-state index in [0.29, 0.717) is 139 Å². The molecule has 0 atom stereocenters. The predicted octanol–water partition coefficient (Wildman–Crippen LogP) is 1.75. The van der Waals surface area contributed by atoms with E-state index in [4.69, 9.17) is 52.1 Å². The zero-order valence-electron chi connectivity index (χ0n) is 28.2. The van der Waals surface area contributed by atoms with Gasteiger partial charge in [0.05, 0.1) is 132 Å². The summed E-state index contributed by atoms with van der Waals surface area (Å²) in [5.41, 5.74) is 0.733. The molecule has 0 aromatic heterocycles. The maximum Gasteiger partial charge on any atom is 0.221 e. The molecular formula is C32H58N2O12. The van der Waals surface area contributed by atoms with Gasteiger partial charge in [0.25, 0.3) is 0 Å². The number of carbonyl (C=O) groups excluding carboxylic acids is 1. The number of hydrogen-bond donors (Lipinski definition) is 1. The van der Waals surface area contributed by atoms with Gasteiger partial charge in [-0.3, -0.25) is 4.79 Å². The Balaban J connectivity index is 1.66. The summed E-state index contributed by atoms with van der Waals surface area (Å²) in [4.78, 5) is 13.1. The summed E-state index contributed by atoms with van der Waals surface area (Å²) < 4.78 is 60.3. The highest BCUT2D eigenvalue weighted by Gasteiger charge is 1.99. The first kappa shape index (κ1) is 42.1. The molecule has 0 unspecified atom stereocenters. The van der Waals surface area contributed by atoms with Crippen LogP contribution in [-0.4, -0.2) is 170 Å². The SMILES string of the molecule is CC(=O)Nc1ccc(OCCOCCOCCOCCOCCOCCOCCOCCOCCOCCOCCN(C)C)cc1. The van der Waals surface area contributed by atoms with Crippen molar-refractivity contribution in [3.8, 4) is 5.75 Å². The minimum Gasteiger partial charge on any atom is -0.491 e. The van der Waals surface area contributed by atoms with E-state index >= 15 is 0 Å². The number of ether oxygens (including phenoxy) is 11. The minimum atomic E-state index is -0.107. The van der Waals surface area contributed by atoms with E-state index in [1.807, 2.05) is 14.1 Å². The van der Waals surface area contributed by atoms with Gasteiger partial charge in [-0.05, 0) is 38.4 Å². The van der Waals surface area contributed by atoms with Gasteiger partial charge in [-0.2, -0.15) is 0 Å². The number of amides is 1. The number of nitrogens with one attached hydrogen (secondary N) is 1. The first-order valence-corrected chi connectivity index (χ1v) is 16.0. The van der Waals surface area contributed by atoms with Gasteiger partial charge in [-0.15, -0.1) is 0 Å². The predicted molar refractivity (Wildman–Crippen MR) is 173 cm³/mol. The van der Waals surface area contributed by atoms with E-state index in [9.17, 15) is 4.79 Å². The van der Waals surface area contributed by atoms with Gasteiger partial charge in [0.15, 0.2) is 0 Å². The lowest BCUT2D eigenvalue weighted by Gasteiger charge is -2.10. The van der Waals surface area contributed by atoms with Crippen molar-refractivity contribution in [3.05, 3.63) is 24.3 Å². The molecule has 0 aliphatic rings. The summed E-state index contributed by atoms with van der Waals surface area (Å²) >= 11 is 0. The van der Waals surface area contributed by atoms with Crippen molar-refractivity contribution >= 4 is 11.6 Å². The van der Waals surface area contributed by atoms with Crippen molar-refractivity contribution in [2.24, 2.45) is 0 Å². The van der Waals surface area contributed by atoms with Crippen LogP contribution >= 0.6 is 0 Å². The fourth-order valence-corrected chi connectivity index (χ4v) is 3.38. The molecule has 1 N–H and O–H groups in total. The van der Waals surface area contributed by atoms with Gasteiger partial charge >= 0.3 is 0 Å². The Kier molecular flexibility index (Phi) is 30.2. The Bertz CT molecular complexity index is 789. The summed E-state index contributed by atoms with van der Waals surface area (Å²) in [5, 5.41) is 2.71. The summed E-state index contributed by atoms with van der Waals surface area (Å²) in [5.74, 6) is 0.611. The molecule has 1 rings (SSSR count). The maximum absolute atomic E-state index is 11.0. The van der Waals surface area contributed by atoms with Crippen LogP contribution in [0.3, 0.4) is 0 Å². The van der Waals surface area contributed by atoms with Crippen molar-refractivity contribution < 1.29 is 56.9 Å². The zero-order chi connectivity index (χ0) is 33.2. The third-order valence-electron chi connectivity index (χ3n) is 5.70. The topological polar surface area (TPSA) is 134 Å². The molecule has 0 radical (unpaired) electrons.